The van der Waals surface area contributed by atoms with Crippen molar-refractivity contribution in [2.45, 2.75) is 27.0 Å². The van der Waals surface area contributed by atoms with Gasteiger partial charge >= 0.3 is 6.09 Å². The number of hydrogen-bond donors (Lipinski definition) is 1. The molecular weight excluding hydrogens is 406 g/mol. The van der Waals surface area contributed by atoms with Gasteiger partial charge in [-0.25, -0.2) is 9.78 Å². The summed E-state index contributed by atoms with van der Waals surface area (Å²) in [5, 5.41) is 3.30. The van der Waals surface area contributed by atoms with Gasteiger partial charge in [-0.05, 0) is 42.3 Å². The second-order valence-corrected chi connectivity index (χ2v) is 7.27. The van der Waals surface area contributed by atoms with Crippen LogP contribution in [0.4, 0.5) is 10.5 Å². The Morgan fingerprint density at radius 3 is 2.30 bits per heavy atom. The van der Waals surface area contributed by atoms with Gasteiger partial charge in [0.15, 0.2) is 5.89 Å². The predicted octanol–water partition coefficient (Wildman–Crippen LogP) is 4.97. The van der Waals surface area contributed by atoms with Crippen molar-refractivity contribution >= 4 is 29.3 Å². The van der Waals surface area contributed by atoms with Crippen molar-refractivity contribution < 1.29 is 18.7 Å². The van der Waals surface area contributed by atoms with Crippen molar-refractivity contribution in [1.82, 2.24) is 9.88 Å². The SMILES string of the molecule is Cc1nc(C)c(C(=O)N(C)Cc2ccc(NC(=O)OCc3ccc(Cl)cc3)cc2)o1. The zero-order chi connectivity index (χ0) is 21.7. The summed E-state index contributed by atoms with van der Waals surface area (Å²) >= 11 is 5.83. The van der Waals surface area contributed by atoms with E-state index >= 15 is 0 Å². The van der Waals surface area contributed by atoms with E-state index in [2.05, 4.69) is 10.3 Å². The van der Waals surface area contributed by atoms with Crippen LogP contribution in [0, 0.1) is 13.8 Å². The van der Waals surface area contributed by atoms with Crippen LogP contribution >= 0.6 is 11.6 Å². The zero-order valence-corrected chi connectivity index (χ0v) is 17.7. The summed E-state index contributed by atoms with van der Waals surface area (Å²) < 4.78 is 10.6. The smallest absolute Gasteiger partial charge is 0.411 e. The minimum absolute atomic E-state index is 0.147. The Labute approximate surface area is 179 Å². The monoisotopic (exact) mass is 427 g/mol. The highest BCUT2D eigenvalue weighted by Crippen LogP contribution is 2.16. The van der Waals surface area contributed by atoms with Gasteiger partial charge in [0.05, 0.1) is 5.69 Å². The Morgan fingerprint density at radius 2 is 1.70 bits per heavy atom. The van der Waals surface area contributed by atoms with E-state index in [9.17, 15) is 9.59 Å². The first-order valence-electron chi connectivity index (χ1n) is 9.28. The topological polar surface area (TPSA) is 84.7 Å². The molecule has 0 atom stereocenters. The molecule has 3 aromatic rings. The minimum atomic E-state index is -0.554. The molecule has 0 saturated heterocycles. The van der Waals surface area contributed by atoms with E-state index in [0.29, 0.717) is 28.8 Å². The highest BCUT2D eigenvalue weighted by atomic mass is 35.5. The number of aryl methyl sites for hydroxylation is 2. The molecule has 0 radical (unpaired) electrons. The van der Waals surface area contributed by atoms with Crippen molar-refractivity contribution in [2.24, 2.45) is 0 Å². The number of halogens is 1. The molecule has 2 amide bonds. The molecule has 1 N–H and O–H groups in total. The third-order valence-corrected chi connectivity index (χ3v) is 4.60. The standard InChI is InChI=1S/C22H22ClN3O4/c1-14-20(30-15(2)24-14)21(27)26(3)12-16-6-10-19(11-7-16)25-22(28)29-13-17-4-8-18(23)9-5-17/h4-11H,12-13H2,1-3H3,(H,25,28). The number of nitrogens with one attached hydrogen (secondary N) is 1. The summed E-state index contributed by atoms with van der Waals surface area (Å²) in [4.78, 5) is 30.2. The summed E-state index contributed by atoms with van der Waals surface area (Å²) in [5.41, 5.74) is 2.91. The normalized spacial score (nSPS) is 10.5. The van der Waals surface area contributed by atoms with Crippen LogP contribution in [-0.2, 0) is 17.9 Å². The number of rotatable bonds is 6. The molecule has 0 saturated carbocycles. The summed E-state index contributed by atoms with van der Waals surface area (Å²) in [5.74, 6) is 0.473. The fourth-order valence-electron chi connectivity index (χ4n) is 2.83. The fourth-order valence-corrected chi connectivity index (χ4v) is 2.95. The summed E-state index contributed by atoms with van der Waals surface area (Å²) in [6.07, 6.45) is -0.554. The molecule has 0 spiro atoms. The van der Waals surface area contributed by atoms with Gasteiger partial charge in [0.2, 0.25) is 5.76 Å². The number of anilines is 1. The average Bonchev–Trinajstić information content (AvgIpc) is 3.06. The van der Waals surface area contributed by atoms with Crippen LogP contribution in [0.3, 0.4) is 0 Å². The van der Waals surface area contributed by atoms with Crippen molar-refractivity contribution in [3.63, 3.8) is 0 Å². The van der Waals surface area contributed by atoms with Gasteiger partial charge in [0.1, 0.15) is 6.61 Å². The number of oxazole rings is 1. The highest BCUT2D eigenvalue weighted by Gasteiger charge is 2.20. The third-order valence-electron chi connectivity index (χ3n) is 4.35. The van der Waals surface area contributed by atoms with E-state index in [4.69, 9.17) is 20.8 Å². The second kappa shape index (κ2) is 9.45. The lowest BCUT2D eigenvalue weighted by Crippen LogP contribution is -2.26. The van der Waals surface area contributed by atoms with Gasteiger partial charge in [-0.15, -0.1) is 0 Å². The van der Waals surface area contributed by atoms with Gasteiger partial charge in [0, 0.05) is 31.2 Å². The van der Waals surface area contributed by atoms with Gasteiger partial charge in [0.25, 0.3) is 5.91 Å². The number of nitrogens with zero attached hydrogens (tertiary/aromatic N) is 2. The number of aromatic nitrogens is 1. The first-order chi connectivity index (χ1) is 14.3. The maximum absolute atomic E-state index is 12.5. The van der Waals surface area contributed by atoms with Gasteiger partial charge in [-0.2, -0.15) is 0 Å². The lowest BCUT2D eigenvalue weighted by atomic mass is 10.2. The van der Waals surface area contributed by atoms with Crippen molar-refractivity contribution in [3.05, 3.63) is 82.0 Å². The highest BCUT2D eigenvalue weighted by molar-refractivity contribution is 6.30. The molecule has 2 aromatic carbocycles. The predicted molar refractivity (Wildman–Crippen MR) is 113 cm³/mol. The van der Waals surface area contributed by atoms with Crippen LogP contribution < -0.4 is 5.32 Å². The number of ether oxygens (including phenoxy) is 1. The quantitative estimate of drug-likeness (QED) is 0.600. The Bertz CT molecular complexity index is 1030. The van der Waals surface area contributed by atoms with Gasteiger partial charge < -0.3 is 14.1 Å². The second-order valence-electron chi connectivity index (χ2n) is 6.83. The van der Waals surface area contributed by atoms with Crippen molar-refractivity contribution in [1.29, 1.82) is 0 Å². The molecule has 30 heavy (non-hydrogen) atoms. The number of benzene rings is 2. The average molecular weight is 428 g/mol. The molecule has 7 nitrogen and oxygen atoms in total. The summed E-state index contributed by atoms with van der Waals surface area (Å²) in [6, 6.07) is 14.2. The van der Waals surface area contributed by atoms with Gasteiger partial charge in [-0.3, -0.25) is 10.1 Å². The Morgan fingerprint density at radius 1 is 1.07 bits per heavy atom. The summed E-state index contributed by atoms with van der Waals surface area (Å²) in [7, 11) is 1.69. The van der Waals surface area contributed by atoms with Crippen molar-refractivity contribution in [2.75, 3.05) is 12.4 Å². The lowest BCUT2D eigenvalue weighted by Gasteiger charge is -2.16. The number of hydrogen-bond acceptors (Lipinski definition) is 5. The number of carbonyl (C=O) groups is 2. The van der Waals surface area contributed by atoms with E-state index in [1.54, 1.807) is 62.2 Å². The zero-order valence-electron chi connectivity index (χ0n) is 16.9. The maximum atomic E-state index is 12.5. The molecular formula is C22H22ClN3O4. The van der Waals surface area contributed by atoms with Crippen LogP contribution in [-0.4, -0.2) is 28.9 Å². The molecule has 0 aliphatic carbocycles. The molecule has 1 heterocycles. The molecule has 0 unspecified atom stereocenters. The van der Waals surface area contributed by atoms with Crippen molar-refractivity contribution in [3.8, 4) is 0 Å². The molecule has 1 aromatic heterocycles. The van der Waals surface area contributed by atoms with E-state index in [1.165, 1.54) is 0 Å². The number of amides is 2. The molecule has 156 valence electrons. The molecule has 8 heteroatoms. The van der Waals surface area contributed by atoms with Crippen LogP contribution in [0.5, 0.6) is 0 Å². The Hall–Kier alpha value is -3.32. The lowest BCUT2D eigenvalue weighted by molar-refractivity contribution is 0.0751. The van der Waals surface area contributed by atoms with Crippen LogP contribution in [0.25, 0.3) is 0 Å². The largest absolute Gasteiger partial charge is 0.444 e. The first-order valence-corrected chi connectivity index (χ1v) is 9.66. The van der Waals surface area contributed by atoms with Crippen LogP contribution in [0.15, 0.2) is 52.9 Å². The van der Waals surface area contributed by atoms with Crippen LogP contribution in [0.2, 0.25) is 5.02 Å². The van der Waals surface area contributed by atoms with Gasteiger partial charge in [-0.1, -0.05) is 35.9 Å². The molecule has 0 bridgehead atoms. The fraction of sp³-hybridized carbons (Fsp3) is 0.227. The number of carbonyl (C=O) groups excluding carboxylic acids is 2. The van der Waals surface area contributed by atoms with Crippen LogP contribution in [0.1, 0.15) is 33.3 Å². The molecule has 0 aliphatic heterocycles. The molecule has 0 aliphatic rings. The Kier molecular flexibility index (Phi) is 6.74. The molecule has 3 rings (SSSR count). The van der Waals surface area contributed by atoms with E-state index < -0.39 is 6.09 Å². The van der Waals surface area contributed by atoms with E-state index in [-0.39, 0.29) is 18.3 Å². The third kappa shape index (κ3) is 5.61. The Balaban J connectivity index is 1.51. The summed E-state index contributed by atoms with van der Waals surface area (Å²) in [6.45, 7) is 3.98. The van der Waals surface area contributed by atoms with E-state index in [1.807, 2.05) is 12.1 Å². The first kappa shape index (κ1) is 21.4. The van der Waals surface area contributed by atoms with E-state index in [0.717, 1.165) is 11.1 Å². The molecule has 0 fully saturated rings. The minimum Gasteiger partial charge on any atom is -0.444 e. The maximum Gasteiger partial charge on any atom is 0.411 e.